The smallest absolute Gasteiger partial charge is 0.337 e. The first kappa shape index (κ1) is 25.2. The van der Waals surface area contributed by atoms with Gasteiger partial charge in [0.1, 0.15) is 0 Å². The van der Waals surface area contributed by atoms with E-state index in [-0.39, 0.29) is 0 Å². The molecule has 172 valence electrons. The predicted octanol–water partition coefficient (Wildman–Crippen LogP) is 6.35. The van der Waals surface area contributed by atoms with Crippen molar-refractivity contribution < 1.29 is 23.8 Å². The second-order valence-electron chi connectivity index (χ2n) is 7.61. The van der Waals surface area contributed by atoms with Gasteiger partial charge in [-0.1, -0.05) is 57.7 Å². The summed E-state index contributed by atoms with van der Waals surface area (Å²) < 4.78 is 16.8. The molecule has 5 heteroatoms. The van der Waals surface area contributed by atoms with Gasteiger partial charge in [-0.15, -0.1) is 0 Å². The zero-order valence-electron chi connectivity index (χ0n) is 19.4. The first-order valence-corrected chi connectivity index (χ1v) is 11.4. The minimum atomic E-state index is -0.440. The Bertz CT molecular complexity index is 901. The summed E-state index contributed by atoms with van der Waals surface area (Å²) >= 11 is 0. The van der Waals surface area contributed by atoms with Gasteiger partial charge in [0, 0.05) is 5.57 Å². The fourth-order valence-corrected chi connectivity index (χ4v) is 3.22. The highest BCUT2D eigenvalue weighted by atomic mass is 16.5. The van der Waals surface area contributed by atoms with Crippen molar-refractivity contribution in [2.24, 2.45) is 0 Å². The van der Waals surface area contributed by atoms with E-state index in [1.54, 1.807) is 30.3 Å². The van der Waals surface area contributed by atoms with Crippen molar-refractivity contribution in [3.8, 4) is 11.5 Å². The molecule has 0 saturated carbocycles. The average molecular weight is 439 g/mol. The molecule has 0 radical (unpaired) electrons. The van der Waals surface area contributed by atoms with Gasteiger partial charge in [0.25, 0.3) is 0 Å². The van der Waals surface area contributed by atoms with Gasteiger partial charge in [-0.3, -0.25) is 4.79 Å². The van der Waals surface area contributed by atoms with Crippen LogP contribution in [-0.4, -0.2) is 32.6 Å². The molecule has 0 unspecified atom stereocenters. The quantitative estimate of drug-likeness (QED) is 0.113. The van der Waals surface area contributed by atoms with Crippen LogP contribution < -0.4 is 9.47 Å². The van der Waals surface area contributed by atoms with Gasteiger partial charge in [-0.2, -0.15) is 0 Å². The maximum absolute atomic E-state index is 11.8. The lowest BCUT2D eigenvalue weighted by Gasteiger charge is -2.14. The number of carbonyl (C=O) groups is 2. The minimum absolute atomic E-state index is 0.397. The number of unbranched alkanes of at least 4 members (excludes halogenated alkanes) is 4. The lowest BCUT2D eigenvalue weighted by atomic mass is 10.0. The van der Waals surface area contributed by atoms with E-state index in [4.69, 9.17) is 14.2 Å². The Labute approximate surface area is 191 Å². The summed E-state index contributed by atoms with van der Waals surface area (Å²) in [6.07, 6.45) is 9.04. The van der Waals surface area contributed by atoms with Crippen LogP contribution in [0.2, 0.25) is 0 Å². The summed E-state index contributed by atoms with van der Waals surface area (Å²) in [5.74, 6) is 0.958. The number of aldehydes is 1. The van der Waals surface area contributed by atoms with Gasteiger partial charge in [-0.25, -0.2) is 4.79 Å². The summed E-state index contributed by atoms with van der Waals surface area (Å²) in [5.41, 5.74) is 2.33. The van der Waals surface area contributed by atoms with E-state index in [2.05, 4.69) is 13.8 Å². The summed E-state index contributed by atoms with van der Waals surface area (Å²) in [6, 6.07) is 12.5. The molecule has 5 nitrogen and oxygen atoms in total. The Morgan fingerprint density at radius 3 is 2.12 bits per heavy atom. The number of hydrogen-bond acceptors (Lipinski definition) is 5. The molecule has 0 saturated heterocycles. The number of esters is 1. The van der Waals surface area contributed by atoms with E-state index in [1.807, 2.05) is 18.2 Å². The van der Waals surface area contributed by atoms with Crippen LogP contribution >= 0.6 is 0 Å². The summed E-state index contributed by atoms with van der Waals surface area (Å²) in [4.78, 5) is 23.6. The summed E-state index contributed by atoms with van der Waals surface area (Å²) in [5, 5.41) is 0. The molecule has 2 aromatic carbocycles. The van der Waals surface area contributed by atoms with Gasteiger partial charge in [0.15, 0.2) is 17.8 Å². The molecular formula is C27H34O5. The molecule has 0 spiro atoms. The number of methoxy groups -OCH3 is 1. The molecule has 2 rings (SSSR count). The molecule has 0 fully saturated rings. The van der Waals surface area contributed by atoms with Crippen molar-refractivity contribution in [2.45, 2.75) is 52.4 Å². The van der Waals surface area contributed by atoms with E-state index >= 15 is 0 Å². The second-order valence-corrected chi connectivity index (χ2v) is 7.61. The number of allylic oxidation sites excluding steroid dienone is 1. The van der Waals surface area contributed by atoms with E-state index in [0.29, 0.717) is 35.7 Å². The van der Waals surface area contributed by atoms with E-state index in [0.717, 1.165) is 56.1 Å². The van der Waals surface area contributed by atoms with Gasteiger partial charge in [0.2, 0.25) is 0 Å². The molecule has 0 aromatic heterocycles. The van der Waals surface area contributed by atoms with Crippen LogP contribution in [0, 0.1) is 0 Å². The fraction of sp³-hybridized carbons (Fsp3) is 0.407. The Balaban J connectivity index is 2.28. The maximum atomic E-state index is 11.8. The van der Waals surface area contributed by atoms with Gasteiger partial charge < -0.3 is 14.2 Å². The average Bonchev–Trinajstić information content (AvgIpc) is 2.83. The predicted molar refractivity (Wildman–Crippen MR) is 128 cm³/mol. The zero-order chi connectivity index (χ0) is 23.2. The maximum Gasteiger partial charge on any atom is 0.337 e. The summed E-state index contributed by atoms with van der Waals surface area (Å²) in [7, 11) is 1.33. The van der Waals surface area contributed by atoms with Crippen LogP contribution in [0.4, 0.5) is 0 Å². The fourth-order valence-electron chi connectivity index (χ4n) is 3.22. The molecule has 32 heavy (non-hydrogen) atoms. The second kappa shape index (κ2) is 14.1. The highest BCUT2D eigenvalue weighted by Crippen LogP contribution is 2.31. The molecule has 0 atom stereocenters. The van der Waals surface area contributed by atoms with E-state index in [1.165, 1.54) is 7.11 Å². The number of ether oxygens (including phenoxy) is 3. The molecule has 0 amide bonds. The monoisotopic (exact) mass is 438 g/mol. The van der Waals surface area contributed by atoms with Crippen LogP contribution in [-0.2, 0) is 9.53 Å². The Kier molecular flexibility index (Phi) is 11.1. The van der Waals surface area contributed by atoms with Crippen molar-refractivity contribution in [1.29, 1.82) is 0 Å². The normalized spacial score (nSPS) is 11.2. The molecule has 2 aromatic rings. The van der Waals surface area contributed by atoms with Crippen LogP contribution in [0.15, 0.2) is 42.5 Å². The first-order valence-electron chi connectivity index (χ1n) is 11.4. The molecule has 0 heterocycles. The zero-order valence-corrected chi connectivity index (χ0v) is 19.4. The lowest BCUT2D eigenvalue weighted by molar-refractivity contribution is -0.103. The third-order valence-corrected chi connectivity index (χ3v) is 5.04. The highest BCUT2D eigenvalue weighted by molar-refractivity contribution is 6.13. The van der Waals surface area contributed by atoms with Crippen LogP contribution in [0.25, 0.3) is 11.6 Å². The number of carbonyl (C=O) groups excluding carboxylic acids is 2. The van der Waals surface area contributed by atoms with Crippen molar-refractivity contribution in [3.05, 3.63) is 59.2 Å². The Morgan fingerprint density at radius 2 is 1.50 bits per heavy atom. The SMILES string of the molecule is CCCCCOc1ccc(/C=C(\C=O)c2cccc(C(=O)OC)c2)cc1OCCCCC. The topological polar surface area (TPSA) is 61.8 Å². The van der Waals surface area contributed by atoms with Crippen molar-refractivity contribution >= 4 is 23.9 Å². The molecule has 0 bridgehead atoms. The standard InChI is InChI=1S/C27H34O5/c1-4-6-8-15-31-25-14-13-21(18-26(25)32-16-9-7-5-2)17-24(20-28)22-11-10-12-23(19-22)27(29)30-3/h10-14,17-20H,4-9,15-16H2,1-3H3/b24-17+. The van der Waals surface area contributed by atoms with Gasteiger partial charge >= 0.3 is 5.97 Å². The Morgan fingerprint density at radius 1 is 0.844 bits per heavy atom. The summed E-state index contributed by atoms with van der Waals surface area (Å²) in [6.45, 7) is 5.58. The molecule has 0 aliphatic carbocycles. The van der Waals surface area contributed by atoms with Gasteiger partial charge in [-0.05, 0) is 54.3 Å². The molecule has 0 aliphatic rings. The number of benzene rings is 2. The first-order chi connectivity index (χ1) is 15.6. The minimum Gasteiger partial charge on any atom is -0.490 e. The van der Waals surface area contributed by atoms with Crippen LogP contribution in [0.3, 0.4) is 0 Å². The van der Waals surface area contributed by atoms with Crippen molar-refractivity contribution in [3.63, 3.8) is 0 Å². The third-order valence-electron chi connectivity index (χ3n) is 5.04. The molecule has 0 aliphatic heterocycles. The Hall–Kier alpha value is -3.08. The van der Waals surface area contributed by atoms with Crippen LogP contribution in [0.1, 0.15) is 73.9 Å². The third kappa shape index (κ3) is 7.88. The largest absolute Gasteiger partial charge is 0.490 e. The van der Waals surface area contributed by atoms with Crippen LogP contribution in [0.5, 0.6) is 11.5 Å². The van der Waals surface area contributed by atoms with E-state index in [9.17, 15) is 9.59 Å². The number of rotatable bonds is 14. The molecule has 0 N–H and O–H groups in total. The number of hydrogen-bond donors (Lipinski definition) is 0. The highest BCUT2D eigenvalue weighted by Gasteiger charge is 2.10. The van der Waals surface area contributed by atoms with Crippen molar-refractivity contribution in [2.75, 3.05) is 20.3 Å². The van der Waals surface area contributed by atoms with Gasteiger partial charge in [0.05, 0.1) is 25.9 Å². The molecular weight excluding hydrogens is 404 g/mol. The van der Waals surface area contributed by atoms with E-state index < -0.39 is 5.97 Å². The van der Waals surface area contributed by atoms with Crippen molar-refractivity contribution in [1.82, 2.24) is 0 Å². The lowest BCUT2D eigenvalue weighted by Crippen LogP contribution is -2.03.